The summed E-state index contributed by atoms with van der Waals surface area (Å²) in [7, 11) is 0. The van der Waals surface area contributed by atoms with Crippen molar-refractivity contribution < 1.29 is 9.90 Å². The zero-order chi connectivity index (χ0) is 20.0. The molecule has 1 aromatic carbocycles. The smallest absolute Gasteiger partial charge is 0.308 e. The molecule has 2 heterocycles. The van der Waals surface area contributed by atoms with Crippen molar-refractivity contribution in [3.63, 3.8) is 0 Å². The third kappa shape index (κ3) is 3.61. The predicted octanol–water partition coefficient (Wildman–Crippen LogP) is 4.10. The standard InChI is InChI=1S/C22H25BrN4O2/c23-22-25-17(24-20-15-7-5-14(6-8-15)19(20)21(28)29)11-18(26-22)27-10-9-13-3-1-2-4-16(13)12-27/h1-4,11,14-15,19-20H,5-10,12H2,(H,28,29)(H,24,25,26). The Morgan fingerprint density at radius 2 is 1.83 bits per heavy atom. The van der Waals surface area contributed by atoms with Gasteiger partial charge in [-0.1, -0.05) is 24.3 Å². The molecule has 2 atom stereocenters. The Kier molecular flexibility index (Phi) is 4.94. The van der Waals surface area contributed by atoms with E-state index in [0.29, 0.717) is 16.5 Å². The molecule has 3 saturated carbocycles. The van der Waals surface area contributed by atoms with E-state index in [1.54, 1.807) is 0 Å². The van der Waals surface area contributed by atoms with Gasteiger partial charge in [-0.15, -0.1) is 0 Å². The number of fused-ring (bicyclic) bond motifs is 4. The summed E-state index contributed by atoms with van der Waals surface area (Å²) >= 11 is 3.46. The first-order chi connectivity index (χ1) is 14.1. The van der Waals surface area contributed by atoms with E-state index in [4.69, 9.17) is 0 Å². The van der Waals surface area contributed by atoms with Gasteiger partial charge in [0, 0.05) is 25.2 Å². The zero-order valence-corrected chi connectivity index (χ0v) is 17.8. The molecule has 4 aliphatic rings. The fraction of sp³-hybridized carbons (Fsp3) is 0.500. The second-order valence-corrected chi connectivity index (χ2v) is 9.24. The summed E-state index contributed by atoms with van der Waals surface area (Å²) in [6, 6.07) is 10.5. The van der Waals surface area contributed by atoms with Crippen LogP contribution in [0.2, 0.25) is 0 Å². The number of hydrogen-bond donors (Lipinski definition) is 2. The van der Waals surface area contributed by atoms with Crippen LogP contribution in [0.5, 0.6) is 0 Å². The van der Waals surface area contributed by atoms with Crippen LogP contribution in [0.1, 0.15) is 36.8 Å². The van der Waals surface area contributed by atoms with E-state index in [1.807, 2.05) is 6.07 Å². The molecule has 0 radical (unpaired) electrons. The molecule has 3 aliphatic carbocycles. The lowest BCUT2D eigenvalue weighted by Gasteiger charge is -2.47. The molecule has 0 saturated heterocycles. The normalized spacial score (nSPS) is 28.1. The van der Waals surface area contributed by atoms with Gasteiger partial charge in [0.05, 0.1) is 5.92 Å². The molecule has 7 heteroatoms. The Morgan fingerprint density at radius 1 is 1.10 bits per heavy atom. The number of nitrogens with zero attached hydrogens (tertiary/aromatic N) is 3. The third-order valence-corrected chi connectivity index (χ3v) is 7.31. The van der Waals surface area contributed by atoms with Crippen LogP contribution in [-0.2, 0) is 17.8 Å². The molecular weight excluding hydrogens is 432 g/mol. The number of carbonyl (C=O) groups is 1. The van der Waals surface area contributed by atoms with E-state index in [-0.39, 0.29) is 17.9 Å². The number of rotatable bonds is 4. The molecular formula is C22H25BrN4O2. The van der Waals surface area contributed by atoms with Crippen LogP contribution in [0.4, 0.5) is 11.6 Å². The molecule has 2 aromatic rings. The van der Waals surface area contributed by atoms with Crippen molar-refractivity contribution in [3.05, 3.63) is 46.2 Å². The van der Waals surface area contributed by atoms with Gasteiger partial charge in [0.15, 0.2) is 4.73 Å². The lowest BCUT2D eigenvalue weighted by atomic mass is 9.61. The van der Waals surface area contributed by atoms with Gasteiger partial charge in [0.2, 0.25) is 0 Å². The van der Waals surface area contributed by atoms with Gasteiger partial charge >= 0.3 is 5.97 Å². The van der Waals surface area contributed by atoms with E-state index < -0.39 is 5.97 Å². The maximum atomic E-state index is 12.0. The van der Waals surface area contributed by atoms with Gasteiger partial charge in [0.25, 0.3) is 0 Å². The molecule has 1 aliphatic heterocycles. The number of carboxylic acid groups (broad SMARTS) is 1. The van der Waals surface area contributed by atoms with Crippen LogP contribution >= 0.6 is 15.9 Å². The molecule has 2 unspecified atom stereocenters. The van der Waals surface area contributed by atoms with Crippen molar-refractivity contribution in [2.24, 2.45) is 17.8 Å². The fourth-order valence-corrected chi connectivity index (χ4v) is 5.89. The zero-order valence-electron chi connectivity index (χ0n) is 16.2. The first-order valence-corrected chi connectivity index (χ1v) is 11.2. The lowest BCUT2D eigenvalue weighted by Crippen LogP contribution is -2.51. The predicted molar refractivity (Wildman–Crippen MR) is 115 cm³/mol. The number of halogens is 1. The number of aromatic nitrogens is 2. The topological polar surface area (TPSA) is 78.4 Å². The van der Waals surface area contributed by atoms with Gasteiger partial charge < -0.3 is 15.3 Å². The van der Waals surface area contributed by atoms with Crippen LogP contribution in [0.3, 0.4) is 0 Å². The quantitative estimate of drug-likeness (QED) is 0.674. The van der Waals surface area contributed by atoms with Crippen LogP contribution in [0.15, 0.2) is 35.1 Å². The average Bonchev–Trinajstić information content (AvgIpc) is 2.73. The van der Waals surface area contributed by atoms with Crippen molar-refractivity contribution in [2.45, 2.75) is 44.7 Å². The molecule has 152 valence electrons. The Balaban J connectivity index is 1.39. The number of anilines is 2. The highest BCUT2D eigenvalue weighted by Gasteiger charge is 2.47. The van der Waals surface area contributed by atoms with Gasteiger partial charge in [0.1, 0.15) is 11.6 Å². The Morgan fingerprint density at radius 3 is 2.59 bits per heavy atom. The lowest BCUT2D eigenvalue weighted by molar-refractivity contribution is -0.148. The van der Waals surface area contributed by atoms with Crippen LogP contribution < -0.4 is 10.2 Å². The van der Waals surface area contributed by atoms with Crippen LogP contribution in [0.25, 0.3) is 0 Å². The number of aliphatic carboxylic acids is 1. The average molecular weight is 457 g/mol. The van der Waals surface area contributed by atoms with E-state index in [1.165, 1.54) is 11.1 Å². The fourth-order valence-electron chi connectivity index (χ4n) is 5.52. The summed E-state index contributed by atoms with van der Waals surface area (Å²) in [5.41, 5.74) is 2.73. The van der Waals surface area contributed by atoms with E-state index in [2.05, 4.69) is 60.4 Å². The van der Waals surface area contributed by atoms with Crippen molar-refractivity contribution in [3.8, 4) is 0 Å². The maximum absolute atomic E-state index is 12.0. The van der Waals surface area contributed by atoms with Crippen molar-refractivity contribution in [1.29, 1.82) is 0 Å². The number of hydrogen-bond acceptors (Lipinski definition) is 5. The summed E-state index contributed by atoms with van der Waals surface area (Å²) in [5.74, 6) is 1.25. The highest BCUT2D eigenvalue weighted by atomic mass is 79.9. The minimum atomic E-state index is -0.683. The van der Waals surface area contributed by atoms with Crippen molar-refractivity contribution >= 4 is 33.5 Å². The minimum absolute atomic E-state index is 0.0586. The van der Waals surface area contributed by atoms with E-state index in [9.17, 15) is 9.90 Å². The summed E-state index contributed by atoms with van der Waals surface area (Å²) in [6.45, 7) is 1.73. The molecule has 2 N–H and O–H groups in total. The monoisotopic (exact) mass is 456 g/mol. The largest absolute Gasteiger partial charge is 0.481 e. The van der Waals surface area contributed by atoms with E-state index >= 15 is 0 Å². The third-order valence-electron chi connectivity index (χ3n) is 6.96. The summed E-state index contributed by atoms with van der Waals surface area (Å²) < 4.78 is 0.532. The molecule has 6 rings (SSSR count). The van der Waals surface area contributed by atoms with Gasteiger partial charge in [-0.05, 0) is 71.0 Å². The van der Waals surface area contributed by atoms with Crippen molar-refractivity contribution in [2.75, 3.05) is 16.8 Å². The van der Waals surface area contributed by atoms with Gasteiger partial charge in [-0.25, -0.2) is 9.97 Å². The summed E-state index contributed by atoms with van der Waals surface area (Å²) in [4.78, 5) is 23.3. The Hall–Kier alpha value is -2.15. The number of nitrogens with one attached hydrogen (secondary N) is 1. The molecule has 0 amide bonds. The van der Waals surface area contributed by atoms with Gasteiger partial charge in [-0.3, -0.25) is 4.79 Å². The maximum Gasteiger partial charge on any atom is 0.308 e. The van der Waals surface area contributed by atoms with E-state index in [0.717, 1.165) is 51.0 Å². The molecule has 1 aromatic heterocycles. The number of carboxylic acids is 1. The number of benzene rings is 1. The second-order valence-electron chi connectivity index (χ2n) is 8.53. The first-order valence-electron chi connectivity index (χ1n) is 10.4. The molecule has 0 spiro atoms. The first kappa shape index (κ1) is 18.9. The molecule has 3 fully saturated rings. The summed E-state index contributed by atoms with van der Waals surface area (Å²) in [5, 5.41) is 13.3. The second kappa shape index (κ2) is 7.59. The Labute approximate surface area is 178 Å². The molecule has 29 heavy (non-hydrogen) atoms. The minimum Gasteiger partial charge on any atom is -0.481 e. The highest BCUT2D eigenvalue weighted by molar-refractivity contribution is 9.10. The molecule has 6 nitrogen and oxygen atoms in total. The molecule has 2 bridgehead atoms. The highest BCUT2D eigenvalue weighted by Crippen LogP contribution is 2.46. The van der Waals surface area contributed by atoms with Gasteiger partial charge in [-0.2, -0.15) is 0 Å². The summed E-state index contributed by atoms with van der Waals surface area (Å²) in [6.07, 6.45) is 5.27. The SMILES string of the molecule is O=C(O)C1C2CCC(CC2)C1Nc1cc(N2CCc3ccccc3C2)nc(Br)n1. The van der Waals surface area contributed by atoms with Crippen LogP contribution in [-0.4, -0.2) is 33.6 Å². The van der Waals surface area contributed by atoms with Crippen molar-refractivity contribution in [1.82, 2.24) is 9.97 Å². The Bertz CT molecular complexity index is 929. The van der Waals surface area contributed by atoms with Crippen LogP contribution in [0, 0.1) is 17.8 Å².